The van der Waals surface area contributed by atoms with E-state index in [-0.39, 0.29) is 17.8 Å². The minimum atomic E-state index is -0.130. The fourth-order valence-electron chi connectivity index (χ4n) is 3.69. The summed E-state index contributed by atoms with van der Waals surface area (Å²) in [4.78, 5) is 22.0. The van der Waals surface area contributed by atoms with Gasteiger partial charge in [0.25, 0.3) is 5.56 Å². The molecule has 1 aromatic heterocycles. The summed E-state index contributed by atoms with van der Waals surface area (Å²) in [5, 5.41) is 0.595. The topological polar surface area (TPSA) is 67.5 Å². The second-order valence-electron chi connectivity index (χ2n) is 7.32. The van der Waals surface area contributed by atoms with Crippen LogP contribution in [0.15, 0.2) is 53.3 Å². The smallest absolute Gasteiger partial charge is 0.259 e. The predicted molar refractivity (Wildman–Crippen MR) is 110 cm³/mol. The number of nitrogens with zero attached hydrogens (tertiary/aromatic N) is 2. The molecule has 28 heavy (non-hydrogen) atoms. The highest BCUT2D eigenvalue weighted by Crippen LogP contribution is 2.20. The Kier molecular flexibility index (Phi) is 5.41. The second-order valence-corrected chi connectivity index (χ2v) is 7.32. The fraction of sp³-hybridized carbons (Fsp3) is 0.364. The SMILES string of the molecule is CC1CN(CCOc2ccc(-c3nc4ccccc4c(=O)[nH]3)cc2)CC(C)O1. The number of morpholine rings is 1. The average Bonchev–Trinajstić information content (AvgIpc) is 2.68. The molecule has 1 aliphatic heterocycles. The maximum absolute atomic E-state index is 12.2. The minimum Gasteiger partial charge on any atom is -0.492 e. The summed E-state index contributed by atoms with van der Waals surface area (Å²) in [6, 6.07) is 15.0. The molecule has 0 aliphatic carbocycles. The van der Waals surface area contributed by atoms with E-state index < -0.39 is 0 Å². The quantitative estimate of drug-likeness (QED) is 0.738. The Morgan fingerprint density at radius 1 is 1.11 bits per heavy atom. The number of nitrogens with one attached hydrogen (secondary N) is 1. The van der Waals surface area contributed by atoms with Crippen LogP contribution < -0.4 is 10.3 Å². The molecule has 146 valence electrons. The molecule has 1 N–H and O–H groups in total. The molecule has 2 atom stereocenters. The van der Waals surface area contributed by atoms with Crippen LogP contribution >= 0.6 is 0 Å². The van der Waals surface area contributed by atoms with Gasteiger partial charge in [0.15, 0.2) is 0 Å². The van der Waals surface area contributed by atoms with E-state index in [1.807, 2.05) is 42.5 Å². The highest BCUT2D eigenvalue weighted by molar-refractivity contribution is 5.79. The standard InChI is InChI=1S/C22H25N3O3/c1-15-13-25(14-16(2)28-15)11-12-27-18-9-7-17(8-10-18)21-23-20-6-4-3-5-19(20)22(26)24-21/h3-10,15-16H,11-14H2,1-2H3,(H,23,24,26). The van der Waals surface area contributed by atoms with Crippen molar-refractivity contribution in [2.45, 2.75) is 26.1 Å². The van der Waals surface area contributed by atoms with Gasteiger partial charge in [-0.15, -0.1) is 0 Å². The van der Waals surface area contributed by atoms with Crippen LogP contribution in [0.3, 0.4) is 0 Å². The maximum atomic E-state index is 12.2. The molecule has 2 unspecified atom stereocenters. The zero-order valence-corrected chi connectivity index (χ0v) is 16.2. The number of benzene rings is 2. The number of ether oxygens (including phenoxy) is 2. The maximum Gasteiger partial charge on any atom is 0.259 e. The van der Waals surface area contributed by atoms with Crippen molar-refractivity contribution in [3.63, 3.8) is 0 Å². The van der Waals surface area contributed by atoms with Crippen molar-refractivity contribution < 1.29 is 9.47 Å². The summed E-state index contributed by atoms with van der Waals surface area (Å²) >= 11 is 0. The summed E-state index contributed by atoms with van der Waals surface area (Å²) in [7, 11) is 0. The zero-order chi connectivity index (χ0) is 19.5. The number of H-pyrrole nitrogens is 1. The highest BCUT2D eigenvalue weighted by atomic mass is 16.5. The lowest BCUT2D eigenvalue weighted by Crippen LogP contribution is -2.46. The van der Waals surface area contributed by atoms with Crippen molar-refractivity contribution in [2.75, 3.05) is 26.2 Å². The van der Waals surface area contributed by atoms with Crippen molar-refractivity contribution in [1.29, 1.82) is 0 Å². The number of rotatable bonds is 5. The number of hydrogen-bond donors (Lipinski definition) is 1. The molecular weight excluding hydrogens is 354 g/mol. The van der Waals surface area contributed by atoms with Gasteiger partial charge in [0.05, 0.1) is 23.1 Å². The molecule has 6 heteroatoms. The molecule has 6 nitrogen and oxygen atoms in total. The molecule has 1 fully saturated rings. The monoisotopic (exact) mass is 379 g/mol. The predicted octanol–water partition coefficient (Wildman–Crippen LogP) is 3.08. The van der Waals surface area contributed by atoms with Gasteiger partial charge in [-0.2, -0.15) is 0 Å². The van der Waals surface area contributed by atoms with Crippen molar-refractivity contribution in [3.8, 4) is 17.1 Å². The third-order valence-corrected chi connectivity index (χ3v) is 4.91. The van der Waals surface area contributed by atoms with Gasteiger partial charge in [-0.25, -0.2) is 4.98 Å². The molecule has 0 spiro atoms. The van der Waals surface area contributed by atoms with Crippen LogP contribution in [0, 0.1) is 0 Å². The molecule has 0 radical (unpaired) electrons. The van der Waals surface area contributed by atoms with Crippen LogP contribution in [0.4, 0.5) is 0 Å². The van der Waals surface area contributed by atoms with Gasteiger partial charge in [-0.05, 0) is 50.2 Å². The van der Waals surface area contributed by atoms with E-state index in [2.05, 4.69) is 28.7 Å². The van der Waals surface area contributed by atoms with Gasteiger partial charge in [0, 0.05) is 25.2 Å². The lowest BCUT2D eigenvalue weighted by molar-refractivity contribution is -0.0699. The summed E-state index contributed by atoms with van der Waals surface area (Å²) in [5.74, 6) is 1.37. The fourth-order valence-corrected chi connectivity index (χ4v) is 3.69. The van der Waals surface area contributed by atoms with Crippen molar-refractivity contribution in [2.24, 2.45) is 0 Å². The van der Waals surface area contributed by atoms with E-state index in [9.17, 15) is 4.79 Å². The molecule has 2 aromatic carbocycles. The summed E-state index contributed by atoms with van der Waals surface area (Å²) < 4.78 is 11.6. The molecule has 0 saturated carbocycles. The molecule has 2 heterocycles. The highest BCUT2D eigenvalue weighted by Gasteiger charge is 2.21. The van der Waals surface area contributed by atoms with E-state index in [1.54, 1.807) is 6.07 Å². The summed E-state index contributed by atoms with van der Waals surface area (Å²) in [6.45, 7) is 7.59. The Hall–Kier alpha value is -2.70. The van der Waals surface area contributed by atoms with Gasteiger partial charge in [0.2, 0.25) is 0 Å². The summed E-state index contributed by atoms with van der Waals surface area (Å²) in [5.41, 5.74) is 1.41. The van der Waals surface area contributed by atoms with Gasteiger partial charge in [-0.3, -0.25) is 9.69 Å². The van der Waals surface area contributed by atoms with Gasteiger partial charge in [-0.1, -0.05) is 12.1 Å². The van der Waals surface area contributed by atoms with Gasteiger partial charge < -0.3 is 14.5 Å². The Morgan fingerprint density at radius 3 is 2.57 bits per heavy atom. The number of aromatic nitrogens is 2. The van der Waals surface area contributed by atoms with Crippen molar-refractivity contribution in [1.82, 2.24) is 14.9 Å². The van der Waals surface area contributed by atoms with E-state index in [0.29, 0.717) is 23.3 Å². The normalized spacial score (nSPS) is 20.4. The largest absolute Gasteiger partial charge is 0.492 e. The second kappa shape index (κ2) is 8.12. The molecule has 1 aliphatic rings. The Morgan fingerprint density at radius 2 is 1.82 bits per heavy atom. The molecular formula is C22H25N3O3. The van der Waals surface area contributed by atoms with Crippen molar-refractivity contribution in [3.05, 3.63) is 58.9 Å². The summed E-state index contributed by atoms with van der Waals surface area (Å²) in [6.07, 6.45) is 0.527. The van der Waals surface area contributed by atoms with Gasteiger partial charge >= 0.3 is 0 Å². The van der Waals surface area contributed by atoms with Crippen LogP contribution in [0.1, 0.15) is 13.8 Å². The molecule has 0 amide bonds. The first kappa shape index (κ1) is 18.7. The lowest BCUT2D eigenvalue weighted by Gasteiger charge is -2.35. The Bertz CT molecular complexity index is 990. The van der Waals surface area contributed by atoms with Crippen LogP contribution in [0.25, 0.3) is 22.3 Å². The van der Waals surface area contributed by atoms with Crippen LogP contribution in [0.2, 0.25) is 0 Å². The number of aromatic amines is 1. The molecule has 1 saturated heterocycles. The van der Waals surface area contributed by atoms with Gasteiger partial charge in [0.1, 0.15) is 18.2 Å². The first-order valence-electron chi connectivity index (χ1n) is 9.68. The van der Waals surface area contributed by atoms with Crippen LogP contribution in [-0.4, -0.2) is 53.3 Å². The first-order valence-corrected chi connectivity index (χ1v) is 9.68. The van der Waals surface area contributed by atoms with Crippen molar-refractivity contribution >= 4 is 10.9 Å². The molecule has 3 aromatic rings. The van der Waals surface area contributed by atoms with E-state index >= 15 is 0 Å². The van der Waals surface area contributed by atoms with E-state index in [1.165, 1.54) is 0 Å². The van der Waals surface area contributed by atoms with E-state index in [4.69, 9.17) is 9.47 Å². The number of para-hydroxylation sites is 1. The minimum absolute atomic E-state index is 0.130. The number of fused-ring (bicyclic) bond motifs is 1. The molecule has 0 bridgehead atoms. The van der Waals surface area contributed by atoms with E-state index in [0.717, 1.165) is 30.9 Å². The third kappa shape index (κ3) is 4.24. The first-order chi connectivity index (χ1) is 13.6. The molecule has 4 rings (SSSR count). The Labute approximate surface area is 164 Å². The van der Waals surface area contributed by atoms with Crippen LogP contribution in [0.5, 0.6) is 5.75 Å². The average molecular weight is 379 g/mol. The third-order valence-electron chi connectivity index (χ3n) is 4.91. The number of hydrogen-bond acceptors (Lipinski definition) is 5. The lowest BCUT2D eigenvalue weighted by atomic mass is 10.2. The van der Waals surface area contributed by atoms with Crippen LogP contribution in [-0.2, 0) is 4.74 Å². The Balaban J connectivity index is 1.40. The zero-order valence-electron chi connectivity index (χ0n) is 16.2.